The van der Waals surface area contributed by atoms with E-state index in [4.69, 9.17) is 16.0 Å². The first-order valence-electron chi connectivity index (χ1n) is 5.50. The van der Waals surface area contributed by atoms with E-state index in [1.807, 2.05) is 18.2 Å². The first-order valence-corrected chi connectivity index (χ1v) is 5.88. The molecule has 0 unspecified atom stereocenters. The Balaban J connectivity index is 1.79. The summed E-state index contributed by atoms with van der Waals surface area (Å²) in [5.74, 6) is 0. The van der Waals surface area contributed by atoms with Crippen molar-refractivity contribution in [2.24, 2.45) is 0 Å². The van der Waals surface area contributed by atoms with Crippen molar-refractivity contribution in [3.8, 4) is 0 Å². The SMILES string of the molecule is Clc1ccc2oc(NCc3ccncc3)nc2c1. The molecule has 90 valence electrons. The summed E-state index contributed by atoms with van der Waals surface area (Å²) in [4.78, 5) is 8.27. The van der Waals surface area contributed by atoms with Crippen molar-refractivity contribution in [2.45, 2.75) is 6.54 Å². The van der Waals surface area contributed by atoms with E-state index in [1.165, 1.54) is 0 Å². The van der Waals surface area contributed by atoms with Crippen LogP contribution >= 0.6 is 11.6 Å². The lowest BCUT2D eigenvalue weighted by molar-refractivity contribution is 0.614. The van der Waals surface area contributed by atoms with Crippen LogP contribution in [0.25, 0.3) is 11.1 Å². The number of hydrogen-bond donors (Lipinski definition) is 1. The summed E-state index contributed by atoms with van der Waals surface area (Å²) in [5, 5.41) is 3.77. The van der Waals surface area contributed by atoms with Gasteiger partial charge in [-0.1, -0.05) is 11.6 Å². The molecule has 0 aliphatic carbocycles. The van der Waals surface area contributed by atoms with Crippen molar-refractivity contribution in [1.29, 1.82) is 0 Å². The summed E-state index contributed by atoms with van der Waals surface area (Å²) >= 11 is 5.89. The van der Waals surface area contributed by atoms with Crippen LogP contribution in [0.15, 0.2) is 47.1 Å². The molecule has 0 saturated heterocycles. The summed E-state index contributed by atoms with van der Waals surface area (Å²) in [6, 6.07) is 9.73. The zero-order valence-corrected chi connectivity index (χ0v) is 10.2. The number of fused-ring (bicyclic) bond motifs is 1. The van der Waals surface area contributed by atoms with Gasteiger partial charge in [0.25, 0.3) is 6.01 Å². The van der Waals surface area contributed by atoms with Crippen LogP contribution in [0.5, 0.6) is 0 Å². The van der Waals surface area contributed by atoms with Gasteiger partial charge in [0.05, 0.1) is 0 Å². The molecule has 0 saturated carbocycles. The number of halogens is 1. The molecule has 1 aromatic carbocycles. The van der Waals surface area contributed by atoms with Gasteiger partial charge in [0.1, 0.15) is 5.52 Å². The number of nitrogens with zero attached hydrogens (tertiary/aromatic N) is 2. The minimum Gasteiger partial charge on any atom is -0.424 e. The first-order chi connectivity index (χ1) is 8.81. The van der Waals surface area contributed by atoms with Crippen LogP contribution in [0.3, 0.4) is 0 Å². The molecule has 5 heteroatoms. The zero-order chi connectivity index (χ0) is 12.4. The molecular formula is C13H10ClN3O. The Kier molecular flexibility index (Phi) is 2.86. The minimum absolute atomic E-state index is 0.490. The lowest BCUT2D eigenvalue weighted by atomic mass is 10.3. The molecule has 0 aliphatic heterocycles. The van der Waals surface area contributed by atoms with Crippen LogP contribution in [0.4, 0.5) is 6.01 Å². The van der Waals surface area contributed by atoms with E-state index in [0.29, 0.717) is 17.6 Å². The maximum absolute atomic E-state index is 5.89. The van der Waals surface area contributed by atoms with Crippen molar-refractivity contribution in [3.63, 3.8) is 0 Å². The summed E-state index contributed by atoms with van der Waals surface area (Å²) in [6.45, 7) is 0.642. The van der Waals surface area contributed by atoms with Gasteiger partial charge in [0, 0.05) is 24.0 Å². The van der Waals surface area contributed by atoms with E-state index in [-0.39, 0.29) is 0 Å². The van der Waals surface area contributed by atoms with Gasteiger partial charge in [-0.15, -0.1) is 0 Å². The van der Waals surface area contributed by atoms with Gasteiger partial charge in [-0.05, 0) is 35.9 Å². The second kappa shape index (κ2) is 4.66. The standard InChI is InChI=1S/C13H10ClN3O/c14-10-1-2-12-11(7-10)17-13(18-12)16-8-9-3-5-15-6-4-9/h1-7H,8H2,(H,16,17). The maximum atomic E-state index is 5.89. The van der Waals surface area contributed by atoms with Crippen LogP contribution in [-0.2, 0) is 6.54 Å². The molecule has 0 spiro atoms. The Labute approximate surface area is 109 Å². The molecule has 0 amide bonds. The number of oxazole rings is 1. The Morgan fingerprint density at radius 2 is 2.00 bits per heavy atom. The molecule has 2 heterocycles. The molecule has 18 heavy (non-hydrogen) atoms. The van der Waals surface area contributed by atoms with E-state index in [0.717, 1.165) is 16.7 Å². The highest BCUT2D eigenvalue weighted by Crippen LogP contribution is 2.22. The number of pyridine rings is 1. The Bertz CT molecular complexity index is 666. The van der Waals surface area contributed by atoms with Gasteiger partial charge in [0.2, 0.25) is 0 Å². The summed E-state index contributed by atoms with van der Waals surface area (Å²) < 4.78 is 5.55. The van der Waals surface area contributed by atoms with Gasteiger partial charge < -0.3 is 9.73 Å². The average Bonchev–Trinajstić information content (AvgIpc) is 2.79. The monoisotopic (exact) mass is 259 g/mol. The normalized spacial score (nSPS) is 10.7. The molecule has 3 rings (SSSR count). The minimum atomic E-state index is 0.490. The fraction of sp³-hybridized carbons (Fsp3) is 0.0769. The number of anilines is 1. The topological polar surface area (TPSA) is 51.0 Å². The molecule has 3 aromatic rings. The summed E-state index contributed by atoms with van der Waals surface area (Å²) in [6.07, 6.45) is 3.51. The number of aromatic nitrogens is 2. The van der Waals surface area contributed by atoms with Crippen molar-refractivity contribution in [1.82, 2.24) is 9.97 Å². The van der Waals surface area contributed by atoms with Crippen LogP contribution in [0.2, 0.25) is 5.02 Å². The smallest absolute Gasteiger partial charge is 0.295 e. The Hall–Kier alpha value is -2.07. The Morgan fingerprint density at radius 1 is 1.17 bits per heavy atom. The summed E-state index contributed by atoms with van der Waals surface area (Å²) in [5.41, 5.74) is 2.58. The van der Waals surface area contributed by atoms with Gasteiger partial charge in [-0.25, -0.2) is 0 Å². The van der Waals surface area contributed by atoms with Crippen molar-refractivity contribution in [3.05, 3.63) is 53.3 Å². The average molecular weight is 260 g/mol. The predicted octanol–water partition coefficient (Wildman–Crippen LogP) is 3.49. The van der Waals surface area contributed by atoms with E-state index in [1.54, 1.807) is 24.5 Å². The number of benzene rings is 1. The first kappa shape index (κ1) is 11.0. The van der Waals surface area contributed by atoms with E-state index < -0.39 is 0 Å². The molecule has 1 N–H and O–H groups in total. The molecule has 0 fully saturated rings. The van der Waals surface area contributed by atoms with Crippen LogP contribution < -0.4 is 5.32 Å². The van der Waals surface area contributed by atoms with E-state index >= 15 is 0 Å². The maximum Gasteiger partial charge on any atom is 0.295 e. The lowest BCUT2D eigenvalue weighted by Crippen LogP contribution is -1.99. The van der Waals surface area contributed by atoms with E-state index in [2.05, 4.69) is 15.3 Å². The second-order valence-corrected chi connectivity index (χ2v) is 4.28. The third-order valence-electron chi connectivity index (χ3n) is 2.54. The third-order valence-corrected chi connectivity index (χ3v) is 2.78. The highest BCUT2D eigenvalue weighted by molar-refractivity contribution is 6.31. The molecule has 0 radical (unpaired) electrons. The molecule has 0 bridgehead atoms. The fourth-order valence-corrected chi connectivity index (χ4v) is 1.82. The van der Waals surface area contributed by atoms with Crippen LogP contribution in [0, 0.1) is 0 Å². The highest BCUT2D eigenvalue weighted by atomic mass is 35.5. The largest absolute Gasteiger partial charge is 0.424 e. The Morgan fingerprint density at radius 3 is 2.83 bits per heavy atom. The molecule has 0 aliphatic rings. The molecule has 2 aromatic heterocycles. The number of rotatable bonds is 3. The van der Waals surface area contributed by atoms with Gasteiger partial charge in [-0.2, -0.15) is 4.98 Å². The highest BCUT2D eigenvalue weighted by Gasteiger charge is 2.05. The number of hydrogen-bond acceptors (Lipinski definition) is 4. The van der Waals surface area contributed by atoms with Gasteiger partial charge >= 0.3 is 0 Å². The molecular weight excluding hydrogens is 250 g/mol. The van der Waals surface area contributed by atoms with Crippen LogP contribution in [0.1, 0.15) is 5.56 Å². The lowest BCUT2D eigenvalue weighted by Gasteiger charge is -2.00. The summed E-state index contributed by atoms with van der Waals surface area (Å²) in [7, 11) is 0. The van der Waals surface area contributed by atoms with Gasteiger partial charge in [0.15, 0.2) is 5.58 Å². The van der Waals surface area contributed by atoms with E-state index in [9.17, 15) is 0 Å². The van der Waals surface area contributed by atoms with Gasteiger partial charge in [-0.3, -0.25) is 4.98 Å². The second-order valence-electron chi connectivity index (χ2n) is 3.84. The third kappa shape index (κ3) is 2.28. The fourth-order valence-electron chi connectivity index (χ4n) is 1.65. The zero-order valence-electron chi connectivity index (χ0n) is 9.43. The predicted molar refractivity (Wildman–Crippen MR) is 70.6 cm³/mol. The molecule has 0 atom stereocenters. The number of nitrogens with one attached hydrogen (secondary N) is 1. The molecule has 4 nitrogen and oxygen atoms in total. The van der Waals surface area contributed by atoms with Crippen molar-refractivity contribution >= 4 is 28.7 Å². The van der Waals surface area contributed by atoms with Crippen LogP contribution in [-0.4, -0.2) is 9.97 Å². The quantitative estimate of drug-likeness (QED) is 0.782. The van der Waals surface area contributed by atoms with Crippen molar-refractivity contribution in [2.75, 3.05) is 5.32 Å². The van der Waals surface area contributed by atoms with Crippen molar-refractivity contribution < 1.29 is 4.42 Å².